The van der Waals surface area contributed by atoms with Crippen LogP contribution in [0, 0.1) is 0 Å². The lowest BCUT2D eigenvalue weighted by molar-refractivity contribution is 0.417. The molecule has 72 valence electrons. The van der Waals surface area contributed by atoms with Gasteiger partial charge in [0.1, 0.15) is 0 Å². The lowest BCUT2D eigenvalue weighted by Crippen LogP contribution is -2.41. The van der Waals surface area contributed by atoms with Crippen molar-refractivity contribution >= 4 is 17.7 Å². The number of hydrogen-bond acceptors (Lipinski definition) is 2. The molecule has 0 radical (unpaired) electrons. The number of hydrogen-bond donors (Lipinski definition) is 1. The average Bonchev–Trinajstić information content (AvgIpc) is 2.04. The highest BCUT2D eigenvalue weighted by molar-refractivity contribution is 7.98. The number of nitrogens with zero attached hydrogens (tertiary/aromatic N) is 2. The first-order valence-corrected chi connectivity index (χ1v) is 5.54. The first kappa shape index (κ1) is 11.6. The van der Waals surface area contributed by atoms with Crippen LogP contribution in [-0.2, 0) is 0 Å². The van der Waals surface area contributed by atoms with E-state index >= 15 is 0 Å². The molecular weight excluding hydrogens is 170 g/mol. The standard InChI is InChI=1S/C8H19N3S/c1-5-10-8(9)11(3)7(2)6-12-4/h7H,5-6H2,1-4H3,(H2,9,10). The maximum Gasteiger partial charge on any atom is 0.191 e. The third-order valence-electron chi connectivity index (χ3n) is 1.75. The molecule has 1 atom stereocenters. The molecule has 0 aromatic heterocycles. The zero-order valence-corrected chi connectivity index (χ0v) is 9.19. The number of guanidine groups is 1. The zero-order chi connectivity index (χ0) is 9.56. The Labute approximate surface area is 79.4 Å². The van der Waals surface area contributed by atoms with Crippen LogP contribution in [0.1, 0.15) is 13.8 Å². The summed E-state index contributed by atoms with van der Waals surface area (Å²) in [6.07, 6.45) is 2.09. The van der Waals surface area contributed by atoms with E-state index < -0.39 is 0 Å². The Morgan fingerprint density at radius 2 is 2.25 bits per heavy atom. The molecular formula is C8H19N3S. The molecule has 1 unspecified atom stereocenters. The maximum atomic E-state index is 5.73. The molecule has 0 saturated carbocycles. The van der Waals surface area contributed by atoms with Crippen molar-refractivity contribution in [2.45, 2.75) is 19.9 Å². The predicted molar refractivity (Wildman–Crippen MR) is 57.8 cm³/mol. The summed E-state index contributed by atoms with van der Waals surface area (Å²) in [7, 11) is 1.98. The lowest BCUT2D eigenvalue weighted by Gasteiger charge is -2.24. The predicted octanol–water partition coefficient (Wildman–Crippen LogP) is 1.00. The van der Waals surface area contributed by atoms with E-state index in [2.05, 4.69) is 18.2 Å². The largest absolute Gasteiger partial charge is 0.370 e. The van der Waals surface area contributed by atoms with E-state index in [1.165, 1.54) is 0 Å². The minimum Gasteiger partial charge on any atom is -0.370 e. The fourth-order valence-electron chi connectivity index (χ4n) is 0.852. The SMILES string of the molecule is CCN=C(N)N(C)C(C)CSC. The van der Waals surface area contributed by atoms with Crippen LogP contribution in [0.3, 0.4) is 0 Å². The molecule has 0 heterocycles. The molecule has 0 aromatic rings. The topological polar surface area (TPSA) is 41.6 Å². The van der Waals surface area contributed by atoms with E-state index in [1.807, 2.05) is 30.6 Å². The third kappa shape index (κ3) is 3.85. The molecule has 0 bridgehead atoms. The highest BCUT2D eigenvalue weighted by Crippen LogP contribution is 2.02. The van der Waals surface area contributed by atoms with Crippen molar-refractivity contribution in [2.24, 2.45) is 10.7 Å². The minimum atomic E-state index is 0.454. The van der Waals surface area contributed by atoms with E-state index in [-0.39, 0.29) is 0 Å². The number of aliphatic imine (C=N–C) groups is 1. The van der Waals surface area contributed by atoms with E-state index in [9.17, 15) is 0 Å². The quantitative estimate of drug-likeness (QED) is 0.530. The summed E-state index contributed by atoms with van der Waals surface area (Å²) in [6, 6.07) is 0.454. The van der Waals surface area contributed by atoms with Gasteiger partial charge in [-0.15, -0.1) is 0 Å². The summed E-state index contributed by atoms with van der Waals surface area (Å²) in [5.74, 6) is 1.72. The number of nitrogens with two attached hydrogens (primary N) is 1. The van der Waals surface area contributed by atoms with Gasteiger partial charge in [-0.1, -0.05) is 0 Å². The zero-order valence-electron chi connectivity index (χ0n) is 8.37. The molecule has 0 fully saturated rings. The molecule has 0 aliphatic rings. The molecule has 3 nitrogen and oxygen atoms in total. The molecule has 0 amide bonds. The molecule has 2 N–H and O–H groups in total. The molecule has 0 aliphatic heterocycles. The van der Waals surface area contributed by atoms with Crippen LogP contribution in [0.25, 0.3) is 0 Å². The lowest BCUT2D eigenvalue weighted by atomic mass is 10.3. The highest BCUT2D eigenvalue weighted by atomic mass is 32.2. The average molecular weight is 189 g/mol. The molecule has 0 spiro atoms. The van der Waals surface area contributed by atoms with Gasteiger partial charge in [0, 0.05) is 25.4 Å². The van der Waals surface area contributed by atoms with Crippen molar-refractivity contribution in [1.29, 1.82) is 0 Å². The Bertz CT molecular complexity index is 147. The van der Waals surface area contributed by atoms with Crippen LogP contribution in [0.5, 0.6) is 0 Å². The number of rotatable bonds is 4. The van der Waals surface area contributed by atoms with Gasteiger partial charge >= 0.3 is 0 Å². The molecule has 0 rings (SSSR count). The van der Waals surface area contributed by atoms with Crippen molar-refractivity contribution in [3.63, 3.8) is 0 Å². The fraction of sp³-hybridized carbons (Fsp3) is 0.875. The van der Waals surface area contributed by atoms with Gasteiger partial charge in [-0.3, -0.25) is 4.99 Å². The van der Waals surface area contributed by atoms with Crippen LogP contribution < -0.4 is 5.73 Å². The maximum absolute atomic E-state index is 5.73. The second kappa shape index (κ2) is 6.17. The van der Waals surface area contributed by atoms with E-state index in [4.69, 9.17) is 5.73 Å². The second-order valence-electron chi connectivity index (χ2n) is 2.75. The van der Waals surface area contributed by atoms with Crippen molar-refractivity contribution in [1.82, 2.24) is 4.90 Å². The van der Waals surface area contributed by atoms with E-state index in [1.54, 1.807) is 0 Å². The molecule has 4 heteroatoms. The van der Waals surface area contributed by atoms with Gasteiger partial charge in [0.15, 0.2) is 5.96 Å². The fourth-order valence-corrected chi connectivity index (χ4v) is 1.56. The van der Waals surface area contributed by atoms with Gasteiger partial charge in [-0.05, 0) is 20.1 Å². The van der Waals surface area contributed by atoms with Gasteiger partial charge in [0.05, 0.1) is 0 Å². The van der Waals surface area contributed by atoms with Crippen LogP contribution in [-0.4, -0.2) is 42.5 Å². The second-order valence-corrected chi connectivity index (χ2v) is 3.66. The van der Waals surface area contributed by atoms with Crippen molar-refractivity contribution in [2.75, 3.05) is 25.6 Å². The summed E-state index contributed by atoms with van der Waals surface area (Å²) < 4.78 is 0. The summed E-state index contributed by atoms with van der Waals surface area (Å²) in [5.41, 5.74) is 5.73. The van der Waals surface area contributed by atoms with Crippen LogP contribution in [0.2, 0.25) is 0 Å². The first-order valence-electron chi connectivity index (χ1n) is 4.15. The van der Waals surface area contributed by atoms with Crippen molar-refractivity contribution in [3.8, 4) is 0 Å². The summed E-state index contributed by atoms with van der Waals surface area (Å²) in [6.45, 7) is 4.89. The number of thioether (sulfide) groups is 1. The van der Waals surface area contributed by atoms with Gasteiger partial charge < -0.3 is 10.6 Å². The normalized spacial score (nSPS) is 14.5. The molecule has 0 saturated heterocycles. The molecule has 0 aliphatic carbocycles. The van der Waals surface area contributed by atoms with Gasteiger partial charge in [0.2, 0.25) is 0 Å². The van der Waals surface area contributed by atoms with Crippen molar-refractivity contribution < 1.29 is 0 Å². The molecule has 12 heavy (non-hydrogen) atoms. The van der Waals surface area contributed by atoms with Gasteiger partial charge in [-0.2, -0.15) is 11.8 Å². The summed E-state index contributed by atoms with van der Waals surface area (Å²) >= 11 is 1.82. The minimum absolute atomic E-state index is 0.454. The van der Waals surface area contributed by atoms with Gasteiger partial charge in [0.25, 0.3) is 0 Å². The Morgan fingerprint density at radius 1 is 1.67 bits per heavy atom. The Morgan fingerprint density at radius 3 is 2.67 bits per heavy atom. The van der Waals surface area contributed by atoms with Crippen LogP contribution in [0.15, 0.2) is 4.99 Å². The summed E-state index contributed by atoms with van der Waals surface area (Å²) in [4.78, 5) is 6.15. The smallest absolute Gasteiger partial charge is 0.191 e. The molecule has 0 aromatic carbocycles. The third-order valence-corrected chi connectivity index (χ3v) is 2.57. The Kier molecular flexibility index (Phi) is 5.98. The highest BCUT2D eigenvalue weighted by Gasteiger charge is 2.09. The monoisotopic (exact) mass is 189 g/mol. The van der Waals surface area contributed by atoms with Gasteiger partial charge in [-0.25, -0.2) is 0 Å². The Balaban J connectivity index is 3.99. The Hall–Kier alpha value is -0.380. The summed E-state index contributed by atoms with van der Waals surface area (Å²) in [5, 5.41) is 0. The van der Waals surface area contributed by atoms with Crippen molar-refractivity contribution in [3.05, 3.63) is 0 Å². The van der Waals surface area contributed by atoms with Crippen LogP contribution >= 0.6 is 11.8 Å². The van der Waals surface area contributed by atoms with E-state index in [0.29, 0.717) is 12.0 Å². The van der Waals surface area contributed by atoms with Crippen LogP contribution in [0.4, 0.5) is 0 Å². The van der Waals surface area contributed by atoms with E-state index in [0.717, 1.165) is 12.3 Å². The first-order chi connectivity index (χ1) is 5.63.